The summed E-state index contributed by atoms with van der Waals surface area (Å²) in [6.07, 6.45) is 3.53. The maximum absolute atomic E-state index is 8.96. The van der Waals surface area contributed by atoms with Crippen molar-refractivity contribution < 1.29 is 0 Å². The lowest BCUT2D eigenvalue weighted by Gasteiger charge is -2.18. The van der Waals surface area contributed by atoms with Gasteiger partial charge in [0.25, 0.3) is 0 Å². The summed E-state index contributed by atoms with van der Waals surface area (Å²) >= 11 is 1.60. The molecule has 68 valence electrons. The molecule has 0 aliphatic heterocycles. The molecule has 0 saturated carbocycles. The molecule has 2 N–H and O–H groups in total. The van der Waals surface area contributed by atoms with E-state index in [9.17, 15) is 0 Å². The average Bonchev–Trinajstić information content (AvgIpc) is 2.42. The van der Waals surface area contributed by atoms with Gasteiger partial charge < -0.3 is 5.73 Å². The minimum Gasteiger partial charge on any atom is -0.389 e. The first-order valence-corrected chi connectivity index (χ1v) is 5.36. The molecule has 0 aromatic carbocycles. The van der Waals surface area contributed by atoms with Gasteiger partial charge in [-0.15, -0.1) is 11.3 Å². The lowest BCUT2D eigenvalue weighted by molar-refractivity contribution is 0.597. The minimum atomic E-state index is 0.520. The van der Waals surface area contributed by atoms with E-state index in [2.05, 4.69) is 13.0 Å². The van der Waals surface area contributed by atoms with Crippen molar-refractivity contribution in [2.75, 3.05) is 5.73 Å². The van der Waals surface area contributed by atoms with Gasteiger partial charge in [-0.3, -0.25) is 0 Å². The highest BCUT2D eigenvalue weighted by atomic mass is 32.1. The van der Waals surface area contributed by atoms with Crippen molar-refractivity contribution in [1.82, 2.24) is 0 Å². The summed E-state index contributed by atoms with van der Waals surface area (Å²) in [5.74, 6) is 0.520. The van der Waals surface area contributed by atoms with Crippen LogP contribution in [0, 0.1) is 11.3 Å². The zero-order valence-corrected chi connectivity index (χ0v) is 8.45. The molecule has 1 unspecified atom stereocenters. The highest BCUT2D eigenvalue weighted by Crippen LogP contribution is 2.41. The number of anilines is 1. The first-order chi connectivity index (χ1) is 6.24. The van der Waals surface area contributed by atoms with Gasteiger partial charge in [0.05, 0.1) is 5.56 Å². The number of hydrogen-bond acceptors (Lipinski definition) is 3. The van der Waals surface area contributed by atoms with Crippen LogP contribution in [-0.2, 0) is 6.42 Å². The zero-order chi connectivity index (χ0) is 9.42. The summed E-state index contributed by atoms with van der Waals surface area (Å²) in [7, 11) is 0. The molecule has 3 heteroatoms. The van der Waals surface area contributed by atoms with Gasteiger partial charge in [-0.1, -0.05) is 6.92 Å². The van der Waals surface area contributed by atoms with E-state index in [-0.39, 0.29) is 0 Å². The summed E-state index contributed by atoms with van der Waals surface area (Å²) < 4.78 is 0. The lowest BCUT2D eigenvalue weighted by Crippen LogP contribution is -2.05. The fourth-order valence-electron chi connectivity index (χ4n) is 2.05. The van der Waals surface area contributed by atoms with Gasteiger partial charge in [0.15, 0.2) is 0 Å². The molecule has 1 aromatic heterocycles. The second kappa shape index (κ2) is 3.04. The molecule has 0 fully saturated rings. The summed E-state index contributed by atoms with van der Waals surface area (Å²) in [6, 6.07) is 2.22. The maximum Gasteiger partial charge on any atom is 0.104 e. The van der Waals surface area contributed by atoms with Crippen molar-refractivity contribution in [3.63, 3.8) is 0 Å². The number of thiophene rings is 1. The van der Waals surface area contributed by atoms with E-state index in [0.29, 0.717) is 10.9 Å². The van der Waals surface area contributed by atoms with Crippen LogP contribution < -0.4 is 5.73 Å². The molecule has 2 rings (SSSR count). The number of nitriles is 1. The van der Waals surface area contributed by atoms with Gasteiger partial charge in [-0.25, -0.2) is 0 Å². The summed E-state index contributed by atoms with van der Waals surface area (Å²) in [4.78, 5) is 1.34. The molecule has 1 aromatic rings. The molecular formula is C10H12N2S. The molecule has 0 saturated heterocycles. The van der Waals surface area contributed by atoms with Gasteiger partial charge in [0.1, 0.15) is 11.1 Å². The fourth-order valence-corrected chi connectivity index (χ4v) is 3.23. The molecule has 0 amide bonds. The number of aryl methyl sites for hydroxylation is 1. The van der Waals surface area contributed by atoms with Gasteiger partial charge in [-0.05, 0) is 30.7 Å². The highest BCUT2D eigenvalue weighted by Gasteiger charge is 2.24. The first kappa shape index (κ1) is 8.58. The average molecular weight is 192 g/mol. The quantitative estimate of drug-likeness (QED) is 0.687. The van der Waals surface area contributed by atoms with Crippen LogP contribution in [0.2, 0.25) is 0 Å². The van der Waals surface area contributed by atoms with Gasteiger partial charge in [0, 0.05) is 4.88 Å². The van der Waals surface area contributed by atoms with Crippen molar-refractivity contribution >= 4 is 16.3 Å². The number of nitrogens with zero attached hydrogens (tertiary/aromatic N) is 1. The minimum absolute atomic E-state index is 0.520. The number of fused-ring (bicyclic) bond motifs is 1. The van der Waals surface area contributed by atoms with E-state index in [1.807, 2.05) is 0 Å². The maximum atomic E-state index is 8.96. The Kier molecular flexibility index (Phi) is 2.01. The van der Waals surface area contributed by atoms with E-state index >= 15 is 0 Å². The van der Waals surface area contributed by atoms with Crippen molar-refractivity contribution in [2.45, 2.75) is 32.1 Å². The monoisotopic (exact) mass is 192 g/mol. The second-order valence-electron chi connectivity index (χ2n) is 3.58. The predicted octanol–water partition coefficient (Wildman–Crippen LogP) is 2.64. The summed E-state index contributed by atoms with van der Waals surface area (Å²) in [6.45, 7) is 2.19. The van der Waals surface area contributed by atoms with Crippen LogP contribution in [0.25, 0.3) is 0 Å². The zero-order valence-electron chi connectivity index (χ0n) is 7.63. The van der Waals surface area contributed by atoms with Crippen LogP contribution >= 0.6 is 11.3 Å². The summed E-state index contributed by atoms with van der Waals surface area (Å²) in [5, 5.41) is 9.67. The van der Waals surface area contributed by atoms with Crippen molar-refractivity contribution in [3.05, 3.63) is 16.0 Å². The Morgan fingerprint density at radius 3 is 3.08 bits per heavy atom. The van der Waals surface area contributed by atoms with Crippen LogP contribution in [0.5, 0.6) is 0 Å². The molecule has 0 spiro atoms. The number of nitrogens with two attached hydrogens (primary N) is 1. The third-order valence-electron chi connectivity index (χ3n) is 2.69. The number of nitrogen functional groups attached to an aromatic ring is 1. The molecule has 1 aliphatic rings. The van der Waals surface area contributed by atoms with E-state index < -0.39 is 0 Å². The van der Waals surface area contributed by atoms with Crippen LogP contribution in [0.15, 0.2) is 0 Å². The Morgan fingerprint density at radius 2 is 2.38 bits per heavy atom. The normalized spacial score (nSPS) is 20.8. The highest BCUT2D eigenvalue weighted by molar-refractivity contribution is 7.16. The Morgan fingerprint density at radius 1 is 1.62 bits per heavy atom. The van der Waals surface area contributed by atoms with E-state index in [0.717, 1.165) is 12.0 Å². The number of hydrogen-bond donors (Lipinski definition) is 1. The molecule has 0 radical (unpaired) electrons. The SMILES string of the molecule is CC1CCCc2sc(N)c(C#N)c21. The molecule has 1 aliphatic carbocycles. The van der Waals surface area contributed by atoms with Gasteiger partial charge in [-0.2, -0.15) is 5.26 Å². The summed E-state index contributed by atoms with van der Waals surface area (Å²) in [5.41, 5.74) is 7.77. The Hall–Kier alpha value is -1.01. The van der Waals surface area contributed by atoms with Crippen molar-refractivity contribution in [2.24, 2.45) is 0 Å². The third-order valence-corrected chi connectivity index (χ3v) is 3.79. The Labute approximate surface area is 82.0 Å². The van der Waals surface area contributed by atoms with Gasteiger partial charge in [0.2, 0.25) is 0 Å². The topological polar surface area (TPSA) is 49.8 Å². The van der Waals surface area contributed by atoms with Gasteiger partial charge >= 0.3 is 0 Å². The molecule has 0 bridgehead atoms. The van der Waals surface area contributed by atoms with Crippen LogP contribution in [-0.4, -0.2) is 0 Å². The van der Waals surface area contributed by atoms with Crippen LogP contribution in [0.1, 0.15) is 41.7 Å². The van der Waals surface area contributed by atoms with Crippen molar-refractivity contribution in [3.8, 4) is 6.07 Å². The number of rotatable bonds is 0. The van der Waals surface area contributed by atoms with E-state index in [1.54, 1.807) is 11.3 Å². The molecule has 1 atom stereocenters. The van der Waals surface area contributed by atoms with E-state index in [4.69, 9.17) is 11.0 Å². The first-order valence-electron chi connectivity index (χ1n) is 4.55. The molecule has 2 nitrogen and oxygen atoms in total. The standard InChI is InChI=1S/C10H12N2S/c1-6-3-2-4-8-9(6)7(5-11)10(12)13-8/h6H,2-4,12H2,1H3. The predicted molar refractivity (Wildman–Crippen MR) is 54.8 cm³/mol. The Bertz CT molecular complexity index is 373. The molecule has 1 heterocycles. The van der Waals surface area contributed by atoms with Crippen LogP contribution in [0.3, 0.4) is 0 Å². The Balaban J connectivity index is 2.60. The largest absolute Gasteiger partial charge is 0.389 e. The van der Waals surface area contributed by atoms with E-state index in [1.165, 1.54) is 23.3 Å². The van der Waals surface area contributed by atoms with Crippen LogP contribution in [0.4, 0.5) is 5.00 Å². The molecule has 13 heavy (non-hydrogen) atoms. The smallest absolute Gasteiger partial charge is 0.104 e. The third kappa shape index (κ3) is 1.22. The second-order valence-corrected chi connectivity index (χ2v) is 4.72. The fraction of sp³-hybridized carbons (Fsp3) is 0.500. The lowest BCUT2D eigenvalue weighted by atomic mass is 9.87. The molecular weight excluding hydrogens is 180 g/mol. The van der Waals surface area contributed by atoms with Crippen molar-refractivity contribution in [1.29, 1.82) is 5.26 Å².